The minimum atomic E-state index is -4.59. The largest absolute Gasteiger partial charge is 0.417 e. The molecule has 0 aliphatic rings. The standard InChI is InChI=1S/C8H4ClF3N2O2S/c9-17(15,16)6-3-14-7-5(6)1-4(2-13-7)8(10,11)12/h1-3H,(H,13,14). The maximum atomic E-state index is 12.4. The Labute approximate surface area is 97.8 Å². The second-order valence-corrected chi connectivity index (χ2v) is 5.74. The van der Waals surface area contributed by atoms with Gasteiger partial charge in [0.1, 0.15) is 10.5 Å². The van der Waals surface area contributed by atoms with Crippen molar-refractivity contribution in [3.05, 3.63) is 24.0 Å². The molecule has 0 aromatic carbocycles. The molecule has 0 amide bonds. The summed E-state index contributed by atoms with van der Waals surface area (Å²) in [6.07, 6.45) is -2.98. The average molecular weight is 285 g/mol. The minimum absolute atomic E-state index is 0.0252. The zero-order valence-corrected chi connectivity index (χ0v) is 9.49. The Kier molecular flexibility index (Phi) is 2.58. The number of nitrogens with zero attached hydrogens (tertiary/aromatic N) is 1. The Morgan fingerprint density at radius 1 is 1.35 bits per heavy atom. The normalized spacial score (nSPS) is 13.2. The van der Waals surface area contributed by atoms with Crippen molar-refractivity contribution >= 4 is 30.8 Å². The Morgan fingerprint density at radius 3 is 2.53 bits per heavy atom. The van der Waals surface area contributed by atoms with Gasteiger partial charge in [-0.3, -0.25) is 0 Å². The number of pyridine rings is 1. The van der Waals surface area contributed by atoms with Crippen molar-refractivity contribution in [2.45, 2.75) is 11.1 Å². The molecule has 17 heavy (non-hydrogen) atoms. The summed E-state index contributed by atoms with van der Waals surface area (Å²) in [6, 6.07) is 0.689. The quantitative estimate of drug-likeness (QED) is 0.819. The number of hydrogen-bond donors (Lipinski definition) is 1. The van der Waals surface area contributed by atoms with Crippen molar-refractivity contribution in [1.29, 1.82) is 0 Å². The van der Waals surface area contributed by atoms with E-state index in [0.717, 1.165) is 6.20 Å². The highest BCUT2D eigenvalue weighted by Gasteiger charge is 2.32. The van der Waals surface area contributed by atoms with E-state index in [4.69, 9.17) is 10.7 Å². The molecule has 2 aromatic heterocycles. The van der Waals surface area contributed by atoms with Crippen LogP contribution in [0.3, 0.4) is 0 Å². The van der Waals surface area contributed by atoms with Gasteiger partial charge in [0.05, 0.1) is 5.56 Å². The zero-order chi connectivity index (χ0) is 12.8. The van der Waals surface area contributed by atoms with E-state index in [1.807, 2.05) is 0 Å². The number of nitrogens with one attached hydrogen (secondary N) is 1. The molecule has 0 aliphatic heterocycles. The Balaban J connectivity index is 2.76. The van der Waals surface area contributed by atoms with Crippen LogP contribution in [0.1, 0.15) is 5.56 Å². The number of fused-ring (bicyclic) bond motifs is 1. The predicted molar refractivity (Wildman–Crippen MR) is 54.1 cm³/mol. The van der Waals surface area contributed by atoms with Crippen LogP contribution in [0.15, 0.2) is 23.4 Å². The first-order valence-corrected chi connectivity index (χ1v) is 6.49. The van der Waals surface area contributed by atoms with E-state index in [1.54, 1.807) is 0 Å². The second-order valence-electron chi connectivity index (χ2n) is 3.21. The topological polar surface area (TPSA) is 62.8 Å². The number of alkyl halides is 3. The maximum absolute atomic E-state index is 12.4. The fourth-order valence-corrected chi connectivity index (χ4v) is 2.34. The van der Waals surface area contributed by atoms with Gasteiger partial charge < -0.3 is 4.98 Å². The fourth-order valence-electron chi connectivity index (χ4n) is 1.34. The number of halogens is 4. The van der Waals surface area contributed by atoms with Gasteiger partial charge in [-0.05, 0) is 6.07 Å². The summed E-state index contributed by atoms with van der Waals surface area (Å²) in [6.45, 7) is 0. The van der Waals surface area contributed by atoms with Crippen LogP contribution in [0, 0.1) is 0 Å². The van der Waals surface area contributed by atoms with Gasteiger partial charge in [-0.2, -0.15) is 13.2 Å². The molecule has 1 N–H and O–H groups in total. The fraction of sp³-hybridized carbons (Fsp3) is 0.125. The van der Waals surface area contributed by atoms with Crippen molar-refractivity contribution in [3.8, 4) is 0 Å². The molecule has 9 heteroatoms. The molecule has 0 radical (unpaired) electrons. The van der Waals surface area contributed by atoms with Crippen molar-refractivity contribution in [1.82, 2.24) is 9.97 Å². The maximum Gasteiger partial charge on any atom is 0.417 e. The molecule has 0 saturated heterocycles. The lowest BCUT2D eigenvalue weighted by Gasteiger charge is -2.05. The van der Waals surface area contributed by atoms with Crippen LogP contribution in [0.4, 0.5) is 13.2 Å². The Morgan fingerprint density at radius 2 is 2.00 bits per heavy atom. The highest BCUT2D eigenvalue weighted by atomic mass is 35.7. The molecule has 0 bridgehead atoms. The molecule has 4 nitrogen and oxygen atoms in total. The van der Waals surface area contributed by atoms with E-state index in [9.17, 15) is 21.6 Å². The molecule has 2 heterocycles. The van der Waals surface area contributed by atoms with Crippen LogP contribution < -0.4 is 0 Å². The summed E-state index contributed by atoms with van der Waals surface area (Å²) in [4.78, 5) is 5.49. The third-order valence-electron chi connectivity index (χ3n) is 2.08. The molecular formula is C8H4ClF3N2O2S. The van der Waals surface area contributed by atoms with Crippen molar-refractivity contribution < 1.29 is 21.6 Å². The van der Waals surface area contributed by atoms with Gasteiger partial charge in [0, 0.05) is 28.5 Å². The van der Waals surface area contributed by atoms with Crippen LogP contribution in [0.2, 0.25) is 0 Å². The number of aromatic nitrogens is 2. The van der Waals surface area contributed by atoms with Crippen LogP contribution in [-0.4, -0.2) is 18.4 Å². The van der Waals surface area contributed by atoms with Gasteiger partial charge in [-0.15, -0.1) is 0 Å². The Bertz CT molecular complexity index is 678. The monoisotopic (exact) mass is 284 g/mol. The smallest absolute Gasteiger partial charge is 0.345 e. The van der Waals surface area contributed by atoms with Gasteiger partial charge in [0.25, 0.3) is 9.05 Å². The lowest BCUT2D eigenvalue weighted by Crippen LogP contribution is -2.05. The average Bonchev–Trinajstić information content (AvgIpc) is 2.57. The van der Waals surface area contributed by atoms with E-state index in [0.29, 0.717) is 12.3 Å². The van der Waals surface area contributed by atoms with Crippen molar-refractivity contribution in [2.24, 2.45) is 0 Å². The van der Waals surface area contributed by atoms with Crippen LogP contribution in [-0.2, 0) is 15.2 Å². The Hall–Kier alpha value is -1.28. The van der Waals surface area contributed by atoms with E-state index in [-0.39, 0.29) is 11.0 Å². The van der Waals surface area contributed by atoms with Crippen molar-refractivity contribution in [3.63, 3.8) is 0 Å². The van der Waals surface area contributed by atoms with Crippen LogP contribution in [0.25, 0.3) is 11.0 Å². The molecule has 2 aromatic rings. The molecule has 0 unspecified atom stereocenters. The summed E-state index contributed by atoms with van der Waals surface area (Å²) in [5, 5.41) is -0.185. The first kappa shape index (κ1) is 12.2. The zero-order valence-electron chi connectivity index (χ0n) is 7.92. The van der Waals surface area contributed by atoms with Gasteiger partial charge in [0.2, 0.25) is 0 Å². The van der Waals surface area contributed by atoms with Gasteiger partial charge in [-0.1, -0.05) is 0 Å². The number of hydrogen-bond acceptors (Lipinski definition) is 3. The lowest BCUT2D eigenvalue weighted by atomic mass is 10.2. The van der Waals surface area contributed by atoms with Crippen molar-refractivity contribution in [2.75, 3.05) is 0 Å². The number of H-pyrrole nitrogens is 1. The lowest BCUT2D eigenvalue weighted by molar-refractivity contribution is -0.137. The minimum Gasteiger partial charge on any atom is -0.345 e. The van der Waals surface area contributed by atoms with Gasteiger partial charge in [-0.25, -0.2) is 13.4 Å². The van der Waals surface area contributed by atoms with E-state index in [1.165, 1.54) is 0 Å². The molecule has 92 valence electrons. The van der Waals surface area contributed by atoms with E-state index < -0.39 is 25.7 Å². The first-order chi connectivity index (χ1) is 7.69. The van der Waals surface area contributed by atoms with Crippen LogP contribution in [0.5, 0.6) is 0 Å². The first-order valence-electron chi connectivity index (χ1n) is 4.18. The summed E-state index contributed by atoms with van der Waals surface area (Å²) in [5.74, 6) is 0. The third-order valence-corrected chi connectivity index (χ3v) is 3.44. The summed E-state index contributed by atoms with van der Waals surface area (Å²) >= 11 is 0. The molecule has 0 spiro atoms. The van der Waals surface area contributed by atoms with E-state index >= 15 is 0 Å². The summed E-state index contributed by atoms with van der Waals surface area (Å²) in [5.41, 5.74) is -1.01. The number of rotatable bonds is 1. The van der Waals surface area contributed by atoms with E-state index in [2.05, 4.69) is 9.97 Å². The third kappa shape index (κ3) is 2.22. The highest BCUT2D eigenvalue weighted by molar-refractivity contribution is 8.14. The molecule has 0 saturated carbocycles. The predicted octanol–water partition coefficient (Wildman–Crippen LogP) is 2.51. The molecule has 0 aliphatic carbocycles. The number of aromatic amines is 1. The summed E-state index contributed by atoms with van der Waals surface area (Å²) in [7, 11) is 0.974. The summed E-state index contributed by atoms with van der Waals surface area (Å²) < 4.78 is 59.5. The molecule has 0 atom stereocenters. The molecule has 0 fully saturated rings. The molecular weight excluding hydrogens is 281 g/mol. The van der Waals surface area contributed by atoms with Gasteiger partial charge >= 0.3 is 6.18 Å². The second kappa shape index (κ2) is 3.61. The van der Waals surface area contributed by atoms with Crippen LogP contribution >= 0.6 is 10.7 Å². The molecule has 2 rings (SSSR count). The SMILES string of the molecule is O=S(=O)(Cl)c1c[nH]c2ncc(C(F)(F)F)cc12. The highest BCUT2D eigenvalue weighted by Crippen LogP contribution is 2.32. The van der Waals surface area contributed by atoms with Gasteiger partial charge in [0.15, 0.2) is 0 Å².